The SMILES string of the molecule is C=CCN(c1ccc(Cl)cc1)S(=O)(=O)c1cccc(C(=O)NNC(=O)c2cc(C)oc2C)c1. The number of hydrogen-bond donors (Lipinski definition) is 2. The number of aryl methyl sites for hydroxylation is 2. The van der Waals surface area contributed by atoms with Gasteiger partial charge in [-0.05, 0) is 62.4 Å². The first-order chi connectivity index (χ1) is 15.6. The Kier molecular flexibility index (Phi) is 7.25. The van der Waals surface area contributed by atoms with Crippen LogP contribution in [0.1, 0.15) is 32.2 Å². The van der Waals surface area contributed by atoms with Crippen molar-refractivity contribution in [2.45, 2.75) is 18.7 Å². The van der Waals surface area contributed by atoms with Gasteiger partial charge in [0.25, 0.3) is 21.8 Å². The van der Waals surface area contributed by atoms with Crippen molar-refractivity contribution in [1.29, 1.82) is 0 Å². The Bertz CT molecular complexity index is 1300. The summed E-state index contributed by atoms with van der Waals surface area (Å²) in [6.07, 6.45) is 1.46. The van der Waals surface area contributed by atoms with Gasteiger partial charge in [-0.1, -0.05) is 23.7 Å². The molecule has 33 heavy (non-hydrogen) atoms. The average Bonchev–Trinajstić information content (AvgIpc) is 3.14. The van der Waals surface area contributed by atoms with E-state index < -0.39 is 21.8 Å². The first-order valence-corrected chi connectivity index (χ1v) is 11.6. The minimum Gasteiger partial charge on any atom is -0.466 e. The van der Waals surface area contributed by atoms with Gasteiger partial charge in [0.15, 0.2) is 0 Å². The molecular weight excluding hydrogens is 466 g/mol. The molecule has 0 aliphatic rings. The summed E-state index contributed by atoms with van der Waals surface area (Å²) in [5, 5.41) is 0.469. The zero-order valence-electron chi connectivity index (χ0n) is 18.0. The number of anilines is 1. The third-order valence-electron chi connectivity index (χ3n) is 4.67. The third kappa shape index (κ3) is 5.44. The maximum Gasteiger partial charge on any atom is 0.273 e. The van der Waals surface area contributed by atoms with Gasteiger partial charge in [0.05, 0.1) is 22.7 Å². The summed E-state index contributed by atoms with van der Waals surface area (Å²) in [6, 6.07) is 13.4. The van der Waals surface area contributed by atoms with Crippen LogP contribution in [-0.4, -0.2) is 26.8 Å². The van der Waals surface area contributed by atoms with Crippen LogP contribution in [0.4, 0.5) is 5.69 Å². The van der Waals surface area contributed by atoms with Crippen LogP contribution < -0.4 is 15.2 Å². The van der Waals surface area contributed by atoms with Gasteiger partial charge in [-0.15, -0.1) is 6.58 Å². The Morgan fingerprint density at radius 3 is 2.33 bits per heavy atom. The first kappa shape index (κ1) is 24.1. The van der Waals surface area contributed by atoms with E-state index in [0.29, 0.717) is 22.2 Å². The molecule has 10 heteroatoms. The van der Waals surface area contributed by atoms with Gasteiger partial charge in [-0.3, -0.25) is 24.7 Å². The number of rotatable bonds is 7. The van der Waals surface area contributed by atoms with Crippen molar-refractivity contribution in [3.8, 4) is 0 Å². The maximum absolute atomic E-state index is 13.3. The van der Waals surface area contributed by atoms with E-state index in [2.05, 4.69) is 17.4 Å². The molecule has 0 spiro atoms. The molecule has 0 fully saturated rings. The summed E-state index contributed by atoms with van der Waals surface area (Å²) in [7, 11) is -4.02. The molecule has 8 nitrogen and oxygen atoms in total. The predicted octanol–water partition coefficient (Wildman–Crippen LogP) is 4.01. The van der Waals surface area contributed by atoms with Gasteiger partial charge in [0.1, 0.15) is 11.5 Å². The van der Waals surface area contributed by atoms with Crippen LogP contribution in [0.2, 0.25) is 5.02 Å². The molecule has 0 aliphatic carbocycles. The lowest BCUT2D eigenvalue weighted by Gasteiger charge is -2.23. The molecule has 1 heterocycles. The number of amides is 2. The second kappa shape index (κ2) is 9.93. The second-order valence-electron chi connectivity index (χ2n) is 7.06. The second-order valence-corrected chi connectivity index (χ2v) is 9.36. The number of furan rings is 1. The molecule has 3 rings (SSSR count). The van der Waals surface area contributed by atoms with E-state index in [-0.39, 0.29) is 22.6 Å². The highest BCUT2D eigenvalue weighted by Gasteiger charge is 2.25. The Balaban J connectivity index is 1.81. The molecule has 3 aromatic rings. The molecule has 172 valence electrons. The summed E-state index contributed by atoms with van der Waals surface area (Å²) in [6.45, 7) is 6.98. The van der Waals surface area contributed by atoms with Crippen molar-refractivity contribution >= 4 is 39.1 Å². The van der Waals surface area contributed by atoms with Crippen LogP contribution in [0.25, 0.3) is 0 Å². The number of halogens is 1. The minimum atomic E-state index is -4.02. The Hall–Kier alpha value is -3.56. The zero-order chi connectivity index (χ0) is 24.2. The monoisotopic (exact) mass is 487 g/mol. The largest absolute Gasteiger partial charge is 0.466 e. The molecule has 0 saturated heterocycles. The summed E-state index contributed by atoms with van der Waals surface area (Å²) in [4.78, 5) is 24.7. The van der Waals surface area contributed by atoms with E-state index in [1.807, 2.05) is 0 Å². The first-order valence-electron chi connectivity index (χ1n) is 9.80. The average molecular weight is 488 g/mol. The number of hydrogen-bond acceptors (Lipinski definition) is 5. The smallest absolute Gasteiger partial charge is 0.273 e. The van der Waals surface area contributed by atoms with Crippen molar-refractivity contribution in [2.75, 3.05) is 10.8 Å². The van der Waals surface area contributed by atoms with E-state index in [1.165, 1.54) is 30.3 Å². The summed E-state index contributed by atoms with van der Waals surface area (Å²) in [5.41, 5.74) is 5.31. The van der Waals surface area contributed by atoms with Gasteiger partial charge in [0.2, 0.25) is 0 Å². The summed E-state index contributed by atoms with van der Waals surface area (Å²) >= 11 is 5.91. The van der Waals surface area contributed by atoms with Crippen molar-refractivity contribution in [1.82, 2.24) is 10.9 Å². The number of carbonyl (C=O) groups excluding carboxylic acids is 2. The van der Waals surface area contributed by atoms with Gasteiger partial charge < -0.3 is 4.42 Å². The summed E-state index contributed by atoms with van der Waals surface area (Å²) < 4.78 is 33.1. The highest BCUT2D eigenvalue weighted by Crippen LogP contribution is 2.25. The molecule has 0 atom stereocenters. The molecule has 0 unspecified atom stereocenters. The van der Waals surface area contributed by atoms with E-state index in [9.17, 15) is 18.0 Å². The molecule has 2 N–H and O–H groups in total. The van der Waals surface area contributed by atoms with E-state index in [4.69, 9.17) is 16.0 Å². The molecule has 0 radical (unpaired) electrons. The summed E-state index contributed by atoms with van der Waals surface area (Å²) in [5.74, 6) is -0.259. The number of benzene rings is 2. The molecular formula is C23H22ClN3O5S. The zero-order valence-corrected chi connectivity index (χ0v) is 19.5. The lowest BCUT2D eigenvalue weighted by atomic mass is 10.2. The number of sulfonamides is 1. The molecule has 0 saturated carbocycles. The molecule has 1 aromatic heterocycles. The van der Waals surface area contributed by atoms with E-state index in [0.717, 1.165) is 4.31 Å². The van der Waals surface area contributed by atoms with E-state index in [1.54, 1.807) is 44.2 Å². The number of nitrogens with zero attached hydrogens (tertiary/aromatic N) is 1. The van der Waals surface area contributed by atoms with Crippen molar-refractivity contribution in [3.05, 3.63) is 94.9 Å². The van der Waals surface area contributed by atoms with Crippen molar-refractivity contribution in [3.63, 3.8) is 0 Å². The fourth-order valence-corrected chi connectivity index (χ4v) is 4.71. The molecule has 0 aliphatic heterocycles. The minimum absolute atomic E-state index is 0.0138. The lowest BCUT2D eigenvalue weighted by Crippen LogP contribution is -2.41. The van der Waals surface area contributed by atoms with Crippen molar-refractivity contribution < 1.29 is 22.4 Å². The maximum atomic E-state index is 13.3. The molecule has 2 amide bonds. The lowest BCUT2D eigenvalue weighted by molar-refractivity contribution is 0.0845. The predicted molar refractivity (Wildman–Crippen MR) is 126 cm³/mol. The van der Waals surface area contributed by atoms with Crippen LogP contribution >= 0.6 is 11.6 Å². The van der Waals surface area contributed by atoms with Gasteiger partial charge in [-0.2, -0.15) is 0 Å². The molecule has 2 aromatic carbocycles. The van der Waals surface area contributed by atoms with Crippen LogP contribution in [-0.2, 0) is 10.0 Å². The fourth-order valence-electron chi connectivity index (χ4n) is 3.10. The third-order valence-corrected chi connectivity index (χ3v) is 6.71. The van der Waals surface area contributed by atoms with Gasteiger partial charge in [-0.25, -0.2) is 8.42 Å². The molecule has 0 bridgehead atoms. The van der Waals surface area contributed by atoms with Crippen molar-refractivity contribution in [2.24, 2.45) is 0 Å². The van der Waals surface area contributed by atoms with E-state index >= 15 is 0 Å². The Labute approximate surface area is 196 Å². The number of hydrazine groups is 1. The van der Waals surface area contributed by atoms with Gasteiger partial charge >= 0.3 is 0 Å². The highest BCUT2D eigenvalue weighted by atomic mass is 35.5. The number of nitrogens with one attached hydrogen (secondary N) is 2. The van der Waals surface area contributed by atoms with Crippen LogP contribution in [0.15, 0.2) is 76.6 Å². The fraction of sp³-hybridized carbons (Fsp3) is 0.130. The Morgan fingerprint density at radius 2 is 1.73 bits per heavy atom. The number of carbonyl (C=O) groups is 2. The van der Waals surface area contributed by atoms with Crippen LogP contribution in [0.5, 0.6) is 0 Å². The van der Waals surface area contributed by atoms with Crippen LogP contribution in [0.3, 0.4) is 0 Å². The standard InChI is InChI=1S/C23H22ClN3O5S/c1-4-12-27(19-10-8-18(24)9-11-19)33(30,31)20-7-5-6-17(14-20)22(28)25-26-23(29)21-13-15(2)32-16(21)3/h4-11,13-14H,1,12H2,2-3H3,(H,25,28)(H,26,29). The Morgan fingerprint density at radius 1 is 1.06 bits per heavy atom. The normalized spacial score (nSPS) is 11.0. The highest BCUT2D eigenvalue weighted by molar-refractivity contribution is 7.92. The topological polar surface area (TPSA) is 109 Å². The van der Waals surface area contributed by atoms with Gasteiger partial charge in [0, 0.05) is 10.6 Å². The van der Waals surface area contributed by atoms with Crippen LogP contribution in [0, 0.1) is 13.8 Å². The quantitative estimate of drug-likeness (QED) is 0.386.